The molecule has 0 radical (unpaired) electrons. The summed E-state index contributed by atoms with van der Waals surface area (Å²) in [7, 11) is 1.54. The lowest BCUT2D eigenvalue weighted by Gasteiger charge is -2.12. The summed E-state index contributed by atoms with van der Waals surface area (Å²) in [5.74, 6) is 0.938. The smallest absolute Gasteiger partial charge is 0.255 e. The Morgan fingerprint density at radius 2 is 2.29 bits per heavy atom. The largest absolute Gasteiger partial charge is 0.491 e. The summed E-state index contributed by atoms with van der Waals surface area (Å²) in [6.07, 6.45) is 3.79. The molecule has 24 heavy (non-hydrogen) atoms. The van der Waals surface area contributed by atoms with Crippen LogP contribution in [0.2, 0.25) is 0 Å². The van der Waals surface area contributed by atoms with Gasteiger partial charge in [0.25, 0.3) is 5.91 Å². The molecule has 1 amide bonds. The lowest BCUT2D eigenvalue weighted by Crippen LogP contribution is -2.17. The minimum Gasteiger partial charge on any atom is -0.491 e. The number of hydrogen-bond acceptors (Lipinski definition) is 5. The molecule has 1 saturated heterocycles. The van der Waals surface area contributed by atoms with Crippen LogP contribution in [-0.2, 0) is 4.74 Å². The number of carbonyl (C=O) groups excluding carboxylic acids is 1. The zero-order chi connectivity index (χ0) is 16.8. The molecular weight excluding hydrogens is 308 g/mol. The summed E-state index contributed by atoms with van der Waals surface area (Å²) in [6.45, 7) is 1.31. The number of carbonyl (C=O) groups is 1. The Bertz CT molecular complexity index is 682. The maximum atomic E-state index is 12.3. The molecule has 1 aliphatic heterocycles. The first-order valence-corrected chi connectivity index (χ1v) is 7.90. The third-order valence-corrected chi connectivity index (χ3v) is 3.76. The normalized spacial score (nSPS) is 16.6. The number of amides is 1. The van der Waals surface area contributed by atoms with Crippen LogP contribution < -0.4 is 14.8 Å². The van der Waals surface area contributed by atoms with E-state index >= 15 is 0 Å². The van der Waals surface area contributed by atoms with Gasteiger partial charge in [-0.05, 0) is 37.1 Å². The Kier molecular flexibility index (Phi) is 5.28. The van der Waals surface area contributed by atoms with E-state index in [9.17, 15) is 4.79 Å². The van der Waals surface area contributed by atoms with E-state index in [1.807, 2.05) is 6.07 Å². The van der Waals surface area contributed by atoms with Crippen molar-refractivity contribution in [2.75, 3.05) is 25.6 Å². The van der Waals surface area contributed by atoms with Crippen LogP contribution in [0.15, 0.2) is 42.6 Å². The molecule has 6 nitrogen and oxygen atoms in total. The Morgan fingerprint density at radius 1 is 1.38 bits per heavy atom. The predicted molar refractivity (Wildman–Crippen MR) is 89.7 cm³/mol. The zero-order valence-corrected chi connectivity index (χ0v) is 13.5. The fourth-order valence-corrected chi connectivity index (χ4v) is 2.47. The Morgan fingerprint density at radius 3 is 3.00 bits per heavy atom. The van der Waals surface area contributed by atoms with Crippen LogP contribution in [0.25, 0.3) is 0 Å². The van der Waals surface area contributed by atoms with Gasteiger partial charge in [-0.3, -0.25) is 4.79 Å². The van der Waals surface area contributed by atoms with E-state index in [1.165, 1.54) is 0 Å². The highest BCUT2D eigenvalue weighted by Crippen LogP contribution is 2.18. The summed E-state index contributed by atoms with van der Waals surface area (Å²) in [5, 5.41) is 2.80. The van der Waals surface area contributed by atoms with Gasteiger partial charge in [0.15, 0.2) is 0 Å². The van der Waals surface area contributed by atoms with Gasteiger partial charge in [-0.2, -0.15) is 0 Å². The number of hydrogen-bond donors (Lipinski definition) is 1. The van der Waals surface area contributed by atoms with E-state index in [4.69, 9.17) is 14.2 Å². The van der Waals surface area contributed by atoms with E-state index in [0.29, 0.717) is 29.5 Å². The summed E-state index contributed by atoms with van der Waals surface area (Å²) in [4.78, 5) is 16.4. The molecule has 1 N–H and O–H groups in total. The van der Waals surface area contributed by atoms with Crippen molar-refractivity contribution in [3.63, 3.8) is 0 Å². The van der Waals surface area contributed by atoms with Crippen molar-refractivity contribution in [2.24, 2.45) is 0 Å². The molecule has 1 aromatic heterocycles. The maximum absolute atomic E-state index is 12.3. The van der Waals surface area contributed by atoms with Crippen LogP contribution in [0, 0.1) is 0 Å². The number of rotatable bonds is 6. The molecule has 1 fully saturated rings. The third-order valence-electron chi connectivity index (χ3n) is 3.76. The van der Waals surface area contributed by atoms with Gasteiger partial charge in [0.05, 0.1) is 25.1 Å². The molecule has 1 aromatic carbocycles. The van der Waals surface area contributed by atoms with Gasteiger partial charge in [-0.15, -0.1) is 0 Å². The first-order valence-electron chi connectivity index (χ1n) is 7.90. The lowest BCUT2D eigenvalue weighted by molar-refractivity contribution is 0.0679. The van der Waals surface area contributed by atoms with Crippen LogP contribution in [0.4, 0.5) is 5.69 Å². The van der Waals surface area contributed by atoms with Gasteiger partial charge in [0.1, 0.15) is 12.4 Å². The maximum Gasteiger partial charge on any atom is 0.255 e. The molecule has 2 heterocycles. The van der Waals surface area contributed by atoms with Gasteiger partial charge in [0.2, 0.25) is 5.88 Å². The van der Waals surface area contributed by atoms with Crippen molar-refractivity contribution in [2.45, 2.75) is 18.9 Å². The first kappa shape index (κ1) is 16.3. The minimum atomic E-state index is -0.218. The summed E-state index contributed by atoms with van der Waals surface area (Å²) in [5.41, 5.74) is 1.13. The second-order valence-corrected chi connectivity index (χ2v) is 5.52. The molecule has 1 aliphatic rings. The molecule has 0 spiro atoms. The number of ether oxygens (including phenoxy) is 3. The van der Waals surface area contributed by atoms with Gasteiger partial charge in [-0.1, -0.05) is 6.07 Å². The van der Waals surface area contributed by atoms with Crippen LogP contribution in [0.1, 0.15) is 23.2 Å². The summed E-state index contributed by atoms with van der Waals surface area (Å²) < 4.78 is 16.2. The second-order valence-electron chi connectivity index (χ2n) is 5.52. The average Bonchev–Trinajstić information content (AvgIpc) is 3.14. The molecule has 0 unspecified atom stereocenters. The molecule has 3 rings (SSSR count). The van der Waals surface area contributed by atoms with E-state index in [2.05, 4.69) is 10.3 Å². The number of benzene rings is 1. The zero-order valence-electron chi connectivity index (χ0n) is 13.5. The third kappa shape index (κ3) is 4.23. The van der Waals surface area contributed by atoms with Gasteiger partial charge in [0, 0.05) is 18.2 Å². The highest BCUT2D eigenvalue weighted by atomic mass is 16.5. The highest BCUT2D eigenvalue weighted by molar-refractivity contribution is 6.04. The molecule has 2 aromatic rings. The fourth-order valence-electron chi connectivity index (χ4n) is 2.47. The Hall–Kier alpha value is -2.60. The Balaban J connectivity index is 1.60. The van der Waals surface area contributed by atoms with Crippen LogP contribution in [-0.4, -0.2) is 37.3 Å². The summed E-state index contributed by atoms with van der Waals surface area (Å²) >= 11 is 0. The average molecular weight is 328 g/mol. The number of methoxy groups -OCH3 is 1. The molecule has 0 aliphatic carbocycles. The molecular formula is C18H20N2O4. The summed E-state index contributed by atoms with van der Waals surface area (Å²) in [6, 6.07) is 10.5. The van der Waals surface area contributed by atoms with Crippen molar-refractivity contribution in [1.29, 1.82) is 0 Å². The number of pyridine rings is 1. The molecule has 126 valence electrons. The second kappa shape index (κ2) is 7.79. The number of nitrogens with zero attached hydrogens (tertiary/aromatic N) is 1. The van der Waals surface area contributed by atoms with Crippen LogP contribution in [0.5, 0.6) is 11.6 Å². The fraction of sp³-hybridized carbons (Fsp3) is 0.333. The monoisotopic (exact) mass is 328 g/mol. The topological polar surface area (TPSA) is 69.7 Å². The molecule has 1 atom stereocenters. The van der Waals surface area contributed by atoms with E-state index < -0.39 is 0 Å². The van der Waals surface area contributed by atoms with Gasteiger partial charge >= 0.3 is 0 Å². The minimum absolute atomic E-state index is 0.146. The van der Waals surface area contributed by atoms with E-state index in [-0.39, 0.29) is 12.0 Å². The van der Waals surface area contributed by atoms with Crippen molar-refractivity contribution in [3.05, 3.63) is 48.2 Å². The first-order chi connectivity index (χ1) is 11.7. The number of anilines is 1. The van der Waals surface area contributed by atoms with Crippen LogP contribution in [0.3, 0.4) is 0 Å². The van der Waals surface area contributed by atoms with E-state index in [1.54, 1.807) is 43.6 Å². The standard InChI is InChI=1S/C18H20N2O4/c1-22-17-8-7-14(11-19-17)20-18(21)13-4-2-5-15(10-13)24-12-16-6-3-9-23-16/h2,4-5,7-8,10-11,16H,3,6,9,12H2,1H3,(H,20,21)/t16-/m1/s1. The molecule has 6 heteroatoms. The quantitative estimate of drug-likeness (QED) is 0.883. The van der Waals surface area contributed by atoms with Crippen molar-refractivity contribution < 1.29 is 19.0 Å². The van der Waals surface area contributed by atoms with Gasteiger partial charge < -0.3 is 19.5 Å². The van der Waals surface area contributed by atoms with Gasteiger partial charge in [-0.25, -0.2) is 4.98 Å². The molecule has 0 saturated carbocycles. The number of aromatic nitrogens is 1. The molecule has 0 bridgehead atoms. The van der Waals surface area contributed by atoms with Crippen molar-refractivity contribution >= 4 is 11.6 Å². The Labute approximate surface area is 140 Å². The van der Waals surface area contributed by atoms with Crippen LogP contribution >= 0.6 is 0 Å². The lowest BCUT2D eigenvalue weighted by atomic mass is 10.2. The number of nitrogens with one attached hydrogen (secondary N) is 1. The predicted octanol–water partition coefficient (Wildman–Crippen LogP) is 2.90. The van der Waals surface area contributed by atoms with Crippen molar-refractivity contribution in [3.8, 4) is 11.6 Å². The highest BCUT2D eigenvalue weighted by Gasteiger charge is 2.16. The SMILES string of the molecule is COc1ccc(NC(=O)c2cccc(OC[C@H]3CCCO3)c2)cn1. The van der Waals surface area contributed by atoms with E-state index in [0.717, 1.165) is 19.4 Å². The van der Waals surface area contributed by atoms with Crippen molar-refractivity contribution in [1.82, 2.24) is 4.98 Å².